The number of fused-ring (bicyclic) bond motifs is 9. The van der Waals surface area contributed by atoms with E-state index < -0.39 is 0 Å². The van der Waals surface area contributed by atoms with Crippen molar-refractivity contribution in [3.63, 3.8) is 0 Å². The Labute approximate surface area is 243 Å². The van der Waals surface area contributed by atoms with Crippen LogP contribution in [0.3, 0.4) is 0 Å². The van der Waals surface area contributed by atoms with Gasteiger partial charge in [0.1, 0.15) is 0 Å². The third-order valence-electron chi connectivity index (χ3n) is 7.35. The molecule has 0 saturated carbocycles. The maximum atomic E-state index is 4.37. The molecule has 0 saturated heterocycles. The fraction of sp³-hybridized carbons (Fsp3) is 0. The number of rotatable bonds is 0. The molecule has 4 heteroatoms. The Balaban J connectivity index is 0.000000103. The highest BCUT2D eigenvalue weighted by molar-refractivity contribution is 6.07. The molecule has 4 nitrogen and oxygen atoms in total. The molecule has 0 aliphatic heterocycles. The molecule has 5 aromatic carbocycles. The van der Waals surface area contributed by atoms with E-state index in [9.17, 15) is 0 Å². The minimum absolute atomic E-state index is 0.977. The van der Waals surface area contributed by atoms with Crippen molar-refractivity contribution in [3.8, 4) is 0 Å². The van der Waals surface area contributed by atoms with E-state index in [1.54, 1.807) is 18.6 Å². The molecule has 9 aromatic rings. The molecule has 198 valence electrons. The van der Waals surface area contributed by atoms with Crippen molar-refractivity contribution < 1.29 is 0 Å². The van der Waals surface area contributed by atoms with Gasteiger partial charge in [0.05, 0.1) is 22.1 Å². The van der Waals surface area contributed by atoms with Gasteiger partial charge in [-0.1, -0.05) is 97.1 Å². The van der Waals surface area contributed by atoms with Crippen molar-refractivity contribution in [2.45, 2.75) is 0 Å². The zero-order valence-electron chi connectivity index (χ0n) is 22.8. The van der Waals surface area contributed by atoms with Gasteiger partial charge in [0.25, 0.3) is 0 Å². The molecule has 0 fully saturated rings. The predicted molar refractivity (Wildman–Crippen MR) is 176 cm³/mol. The van der Waals surface area contributed by atoms with Gasteiger partial charge in [-0.15, -0.1) is 0 Å². The van der Waals surface area contributed by atoms with Gasteiger partial charge in [-0.2, -0.15) is 0 Å². The lowest BCUT2D eigenvalue weighted by Gasteiger charge is -2.02. The number of nitrogens with zero attached hydrogens (tertiary/aromatic N) is 4. The molecular weight excluding hydrogens is 512 g/mol. The zero-order chi connectivity index (χ0) is 28.1. The summed E-state index contributed by atoms with van der Waals surface area (Å²) in [6, 6.07) is 45.6. The summed E-state index contributed by atoms with van der Waals surface area (Å²) in [7, 11) is 0. The molecule has 0 aliphatic carbocycles. The number of hydrogen-bond donors (Lipinski definition) is 0. The largest absolute Gasteiger partial charge is 0.256 e. The minimum Gasteiger partial charge on any atom is -0.256 e. The van der Waals surface area contributed by atoms with Crippen LogP contribution in [0.1, 0.15) is 0 Å². The summed E-state index contributed by atoms with van der Waals surface area (Å²) in [5.74, 6) is 0. The number of benzene rings is 5. The Kier molecular flexibility index (Phi) is 6.85. The van der Waals surface area contributed by atoms with Crippen LogP contribution in [0.4, 0.5) is 0 Å². The van der Waals surface area contributed by atoms with Crippen molar-refractivity contribution in [2.75, 3.05) is 0 Å². The van der Waals surface area contributed by atoms with Crippen LogP contribution < -0.4 is 0 Å². The second-order valence-electron chi connectivity index (χ2n) is 9.93. The Morgan fingerprint density at radius 2 is 0.643 bits per heavy atom. The summed E-state index contributed by atoms with van der Waals surface area (Å²) in [6.45, 7) is 0. The molecule has 0 N–H and O–H groups in total. The average molecular weight is 539 g/mol. The van der Waals surface area contributed by atoms with E-state index in [1.165, 1.54) is 21.5 Å². The molecule has 0 atom stereocenters. The predicted octanol–water partition coefficient (Wildman–Crippen LogP) is 9.56. The highest BCUT2D eigenvalue weighted by Crippen LogP contribution is 2.25. The van der Waals surface area contributed by atoms with Gasteiger partial charge < -0.3 is 0 Å². The van der Waals surface area contributed by atoms with Crippen molar-refractivity contribution >= 4 is 65.2 Å². The summed E-state index contributed by atoms with van der Waals surface area (Å²) in [4.78, 5) is 17.4. The lowest BCUT2D eigenvalue weighted by Crippen LogP contribution is -1.83. The summed E-state index contributed by atoms with van der Waals surface area (Å²) in [5, 5.41) is 9.85. The minimum atomic E-state index is 0.977. The Hall–Kier alpha value is -5.74. The number of aromatic nitrogens is 4. The van der Waals surface area contributed by atoms with Crippen molar-refractivity contribution in [3.05, 3.63) is 158 Å². The van der Waals surface area contributed by atoms with Gasteiger partial charge in [0.2, 0.25) is 0 Å². The first kappa shape index (κ1) is 25.2. The molecule has 4 heterocycles. The Morgan fingerprint density at radius 1 is 0.262 bits per heavy atom. The molecular formula is C38H26N4. The van der Waals surface area contributed by atoms with E-state index >= 15 is 0 Å². The van der Waals surface area contributed by atoms with Gasteiger partial charge in [0.15, 0.2) is 0 Å². The maximum Gasteiger partial charge on any atom is 0.0964 e. The standard InChI is InChI=1S/C14H10.2C12H8N2/c1-3-7-13-11(5-1)9-10-12-6-2-4-8-14(12)13;1-3-9-5-6-11-10(4-2-7-13-11)12(9)14-8-1;1-3-9-5-6-10-4-2-8-14-12(10)11(9)13-7-1/h1-10H;2*1-8H. The van der Waals surface area contributed by atoms with E-state index in [1.807, 2.05) is 36.5 Å². The molecule has 0 bridgehead atoms. The quantitative estimate of drug-likeness (QED) is 0.180. The van der Waals surface area contributed by atoms with Crippen LogP contribution >= 0.6 is 0 Å². The second kappa shape index (κ2) is 11.4. The van der Waals surface area contributed by atoms with Gasteiger partial charge in [-0.25, -0.2) is 0 Å². The van der Waals surface area contributed by atoms with Gasteiger partial charge in [-0.3, -0.25) is 19.9 Å². The maximum absolute atomic E-state index is 4.37. The third-order valence-corrected chi connectivity index (χ3v) is 7.35. The average Bonchev–Trinajstić information content (AvgIpc) is 3.09. The number of pyridine rings is 4. The summed E-state index contributed by atoms with van der Waals surface area (Å²) in [5.41, 5.74) is 3.98. The monoisotopic (exact) mass is 538 g/mol. The van der Waals surface area contributed by atoms with E-state index in [-0.39, 0.29) is 0 Å². The molecule has 0 aliphatic rings. The van der Waals surface area contributed by atoms with E-state index in [0.717, 1.165) is 43.6 Å². The van der Waals surface area contributed by atoms with Crippen LogP contribution in [0.15, 0.2) is 158 Å². The third kappa shape index (κ3) is 4.98. The first-order chi connectivity index (χ1) is 20.8. The van der Waals surface area contributed by atoms with Gasteiger partial charge in [0, 0.05) is 46.3 Å². The van der Waals surface area contributed by atoms with Crippen LogP contribution in [0, 0.1) is 0 Å². The van der Waals surface area contributed by atoms with Crippen molar-refractivity contribution in [1.29, 1.82) is 0 Å². The SMILES string of the molecule is c1ccc2c(c1)ccc1ccccc12.c1cnc2c(c1)ccc1cccnc12.c1cnc2c(c1)ccc1ncccc12. The van der Waals surface area contributed by atoms with E-state index in [2.05, 4.69) is 123 Å². The summed E-state index contributed by atoms with van der Waals surface area (Å²) >= 11 is 0. The second-order valence-corrected chi connectivity index (χ2v) is 9.93. The van der Waals surface area contributed by atoms with Crippen LogP contribution in [-0.4, -0.2) is 19.9 Å². The lowest BCUT2D eigenvalue weighted by atomic mass is 10.0. The normalized spacial score (nSPS) is 10.9. The number of hydrogen-bond acceptors (Lipinski definition) is 4. The van der Waals surface area contributed by atoms with Crippen LogP contribution in [0.2, 0.25) is 0 Å². The zero-order valence-corrected chi connectivity index (χ0v) is 22.8. The molecule has 4 aromatic heterocycles. The lowest BCUT2D eigenvalue weighted by molar-refractivity contribution is 1.37. The Bertz CT molecular complexity index is 1900. The van der Waals surface area contributed by atoms with Gasteiger partial charge >= 0.3 is 0 Å². The molecule has 9 rings (SSSR count). The smallest absolute Gasteiger partial charge is 0.0964 e. The fourth-order valence-corrected chi connectivity index (χ4v) is 5.33. The fourth-order valence-electron chi connectivity index (χ4n) is 5.33. The topological polar surface area (TPSA) is 51.6 Å². The van der Waals surface area contributed by atoms with E-state index in [0.29, 0.717) is 0 Å². The molecule has 42 heavy (non-hydrogen) atoms. The highest BCUT2D eigenvalue weighted by atomic mass is 14.7. The highest BCUT2D eigenvalue weighted by Gasteiger charge is 2.01. The first-order valence-electron chi connectivity index (χ1n) is 13.9. The van der Waals surface area contributed by atoms with Crippen LogP contribution in [-0.2, 0) is 0 Å². The van der Waals surface area contributed by atoms with Crippen LogP contribution in [0.5, 0.6) is 0 Å². The molecule has 0 unspecified atom stereocenters. The van der Waals surface area contributed by atoms with E-state index in [4.69, 9.17) is 0 Å². The molecule has 0 spiro atoms. The summed E-state index contributed by atoms with van der Waals surface area (Å²) < 4.78 is 0. The van der Waals surface area contributed by atoms with Gasteiger partial charge in [-0.05, 0) is 57.9 Å². The Morgan fingerprint density at radius 3 is 1.24 bits per heavy atom. The molecule has 0 radical (unpaired) electrons. The summed E-state index contributed by atoms with van der Waals surface area (Å²) in [6.07, 6.45) is 7.22. The van der Waals surface area contributed by atoms with Crippen LogP contribution in [0.25, 0.3) is 65.2 Å². The first-order valence-corrected chi connectivity index (χ1v) is 13.9. The molecule has 0 amide bonds. The van der Waals surface area contributed by atoms with Crippen molar-refractivity contribution in [1.82, 2.24) is 19.9 Å². The van der Waals surface area contributed by atoms with Crippen molar-refractivity contribution in [2.24, 2.45) is 0 Å².